The molecule has 0 spiro atoms. The smallest absolute Gasteiger partial charge is 0.335 e. The van der Waals surface area contributed by atoms with E-state index in [9.17, 15) is 60.7 Å². The summed E-state index contributed by atoms with van der Waals surface area (Å²) in [6.07, 6.45) is -14.8. The van der Waals surface area contributed by atoms with E-state index in [1.54, 1.807) is 0 Å². The Hall–Kier alpha value is -1.88. The van der Waals surface area contributed by atoms with Crippen molar-refractivity contribution in [2.45, 2.75) is 218 Å². The number of hydrogen-bond acceptors (Lipinski definition) is 17. The van der Waals surface area contributed by atoms with Gasteiger partial charge in [-0.1, -0.05) is 60.1 Å². The van der Waals surface area contributed by atoms with Gasteiger partial charge in [0.2, 0.25) is 6.29 Å². The Balaban J connectivity index is 1.05. The second-order valence-electron chi connectivity index (χ2n) is 23.5. The van der Waals surface area contributed by atoms with E-state index in [1.807, 2.05) is 0 Å². The third-order valence-corrected chi connectivity index (χ3v) is 19.2. The molecule has 3 saturated heterocycles. The molecule has 18 heteroatoms. The van der Waals surface area contributed by atoms with Crippen molar-refractivity contribution in [3.05, 3.63) is 11.6 Å². The molecule has 8 rings (SSSR count). The minimum atomic E-state index is -1.93. The Labute approximate surface area is 386 Å². The highest BCUT2D eigenvalue weighted by atomic mass is 16.8. The molecule has 7 fully saturated rings. The van der Waals surface area contributed by atoms with Gasteiger partial charge in [-0.15, -0.1) is 0 Å². The second-order valence-corrected chi connectivity index (χ2v) is 23.5. The van der Waals surface area contributed by atoms with Crippen molar-refractivity contribution < 1.29 is 89.1 Å². The SMILES string of the molecule is C[C@@H]1O[C@@H](O[C@H]2[C@H](O[C@H]3CC[C@]4(C)[C@H]5CC=C6[C@@H]7CC(C)(C)CC[C@]7(C(=O)O[C@@H]7O[C@H](CO)[C@@H](O)[C@H](O)[C@H]7O)CC[C@@]6(C)[C@]5(C)CC[C@H]4C3(C)C)O[C@H](C(=O)O)[C@@H](O)[C@@H]2O)[C@H](O)[C@H](O)[C@H]1O. The van der Waals surface area contributed by atoms with E-state index in [4.69, 9.17) is 28.4 Å². The molecule has 0 aromatic carbocycles. The Bertz CT molecular complexity index is 1860. The molecule has 3 aliphatic heterocycles. The number of esters is 1. The van der Waals surface area contributed by atoms with Crippen molar-refractivity contribution in [3.8, 4) is 0 Å². The van der Waals surface area contributed by atoms with Crippen molar-refractivity contribution >= 4 is 11.9 Å². The first-order valence-electron chi connectivity index (χ1n) is 24.2. The summed E-state index contributed by atoms with van der Waals surface area (Å²) in [4.78, 5) is 27.0. The van der Waals surface area contributed by atoms with Gasteiger partial charge in [0, 0.05) is 0 Å². The lowest BCUT2D eigenvalue weighted by molar-refractivity contribution is -0.372. The van der Waals surface area contributed by atoms with Crippen molar-refractivity contribution in [1.82, 2.24) is 0 Å². The van der Waals surface area contributed by atoms with Crippen LogP contribution in [0, 0.1) is 50.2 Å². The number of hydrogen-bond donors (Lipinski definition) is 10. The van der Waals surface area contributed by atoms with Gasteiger partial charge in [0.25, 0.3) is 0 Å². The van der Waals surface area contributed by atoms with Gasteiger partial charge in [-0.25, -0.2) is 4.79 Å². The summed E-state index contributed by atoms with van der Waals surface area (Å²) in [7, 11) is 0. The first-order valence-corrected chi connectivity index (χ1v) is 24.2. The largest absolute Gasteiger partial charge is 0.479 e. The number of aliphatic carboxylic acids is 1. The number of ether oxygens (including phenoxy) is 6. The van der Waals surface area contributed by atoms with Crippen LogP contribution in [0.15, 0.2) is 11.6 Å². The number of carbonyl (C=O) groups excluding carboxylic acids is 1. The molecule has 0 radical (unpaired) electrons. The number of carboxylic acids is 1. The molecule has 376 valence electrons. The van der Waals surface area contributed by atoms with E-state index >= 15 is 0 Å². The molecule has 0 aromatic heterocycles. The summed E-state index contributed by atoms with van der Waals surface area (Å²) in [5, 5.41) is 105. The van der Waals surface area contributed by atoms with Gasteiger partial charge in [0.05, 0.1) is 24.2 Å². The molecule has 8 aliphatic rings. The summed E-state index contributed by atoms with van der Waals surface area (Å²) >= 11 is 0. The first-order chi connectivity index (χ1) is 30.7. The standard InChI is InChI=1S/C48H76O18/c1-21-28(50)30(52)34(56)39(61-21)65-37-33(55)32(54)36(38(58)59)64-41(37)63-27-12-13-45(6)25(44(27,4)5)11-14-47(8)26(45)10-9-22-23-19-43(2,3)15-17-48(23,18-16-46(22,47)7)42(60)66-40-35(57)31(53)29(51)24(20-49)62-40/h9,21,23-37,39-41,49-57H,10-20H2,1-8H3,(H,58,59)/t21-,23-,24+,25-,26+,27-,28-,29+,30+,31-,32-,33-,34+,35+,36-,37+,39-,40-,41+,45-,46+,47+,48-/m0/s1. The van der Waals surface area contributed by atoms with Crippen molar-refractivity contribution in [2.24, 2.45) is 50.2 Å². The van der Waals surface area contributed by atoms with Crippen molar-refractivity contribution in [2.75, 3.05) is 6.61 Å². The molecule has 23 atom stereocenters. The van der Waals surface area contributed by atoms with Gasteiger partial charge >= 0.3 is 11.9 Å². The topological polar surface area (TPSA) is 292 Å². The van der Waals surface area contributed by atoms with Crippen molar-refractivity contribution in [1.29, 1.82) is 0 Å². The molecular weight excluding hydrogens is 865 g/mol. The monoisotopic (exact) mass is 941 g/mol. The Morgan fingerprint density at radius 2 is 1.33 bits per heavy atom. The van der Waals surface area contributed by atoms with Crippen LogP contribution in [-0.4, -0.2) is 168 Å². The third kappa shape index (κ3) is 7.74. The average molecular weight is 941 g/mol. The van der Waals surface area contributed by atoms with Gasteiger partial charge in [-0.3, -0.25) is 4.79 Å². The molecule has 3 heterocycles. The predicted molar refractivity (Wildman–Crippen MR) is 229 cm³/mol. The van der Waals surface area contributed by atoms with Crippen LogP contribution in [0.5, 0.6) is 0 Å². The molecule has 66 heavy (non-hydrogen) atoms. The average Bonchev–Trinajstić information content (AvgIpc) is 3.25. The minimum absolute atomic E-state index is 0.0728. The molecule has 18 nitrogen and oxygen atoms in total. The summed E-state index contributed by atoms with van der Waals surface area (Å²) in [5.41, 5.74) is -0.919. The second kappa shape index (κ2) is 17.5. The van der Waals surface area contributed by atoms with Crippen LogP contribution in [0.1, 0.15) is 120 Å². The van der Waals surface area contributed by atoms with Crippen LogP contribution in [0.3, 0.4) is 0 Å². The number of aliphatic hydroxyl groups excluding tert-OH is 9. The fraction of sp³-hybridized carbons (Fsp3) is 0.917. The maximum atomic E-state index is 14.7. The zero-order chi connectivity index (χ0) is 48.4. The van der Waals surface area contributed by atoms with Crippen LogP contribution in [0.4, 0.5) is 0 Å². The Morgan fingerprint density at radius 1 is 0.682 bits per heavy atom. The van der Waals surface area contributed by atoms with E-state index in [-0.39, 0.29) is 39.4 Å². The predicted octanol–water partition coefficient (Wildman–Crippen LogP) is 1.26. The zero-order valence-electron chi connectivity index (χ0n) is 39.6. The number of rotatable bonds is 8. The lowest BCUT2D eigenvalue weighted by atomic mass is 9.33. The van der Waals surface area contributed by atoms with E-state index in [1.165, 1.54) is 12.5 Å². The van der Waals surface area contributed by atoms with E-state index in [2.05, 4.69) is 54.5 Å². The van der Waals surface area contributed by atoms with Gasteiger partial charge in [0.1, 0.15) is 61.0 Å². The lowest BCUT2D eigenvalue weighted by Crippen LogP contribution is -2.67. The van der Waals surface area contributed by atoms with E-state index < -0.39 is 128 Å². The van der Waals surface area contributed by atoms with Crippen molar-refractivity contribution in [3.63, 3.8) is 0 Å². The third-order valence-electron chi connectivity index (χ3n) is 19.2. The lowest BCUT2D eigenvalue weighted by Gasteiger charge is -2.71. The van der Waals surface area contributed by atoms with Gasteiger partial charge in [0.15, 0.2) is 18.7 Å². The Morgan fingerprint density at radius 3 is 2.00 bits per heavy atom. The zero-order valence-corrected chi connectivity index (χ0v) is 39.6. The maximum absolute atomic E-state index is 14.7. The number of carboxylic acid groups (broad SMARTS) is 1. The highest BCUT2D eigenvalue weighted by Crippen LogP contribution is 2.76. The van der Waals surface area contributed by atoms with Crippen LogP contribution >= 0.6 is 0 Å². The molecule has 0 aromatic rings. The summed E-state index contributed by atoms with van der Waals surface area (Å²) in [6, 6.07) is 0. The van der Waals surface area contributed by atoms with E-state index in [0.717, 1.165) is 44.9 Å². The van der Waals surface area contributed by atoms with Crippen LogP contribution < -0.4 is 0 Å². The van der Waals surface area contributed by atoms with Crippen LogP contribution in [0.25, 0.3) is 0 Å². The minimum Gasteiger partial charge on any atom is -0.479 e. The van der Waals surface area contributed by atoms with Gasteiger partial charge in [-0.2, -0.15) is 0 Å². The summed E-state index contributed by atoms with van der Waals surface area (Å²) < 4.78 is 35.9. The quantitative estimate of drug-likeness (QED) is 0.0931. The molecule has 0 unspecified atom stereocenters. The highest BCUT2D eigenvalue weighted by molar-refractivity contribution is 5.79. The van der Waals surface area contributed by atoms with E-state index in [0.29, 0.717) is 19.3 Å². The normalized spacial score (nSPS) is 53.2. The van der Waals surface area contributed by atoms with Gasteiger partial charge in [-0.05, 0) is 116 Å². The Kier molecular flexibility index (Phi) is 13.4. The van der Waals surface area contributed by atoms with Crippen LogP contribution in [0.2, 0.25) is 0 Å². The highest BCUT2D eigenvalue weighted by Gasteiger charge is 2.70. The van der Waals surface area contributed by atoms with Crippen LogP contribution in [-0.2, 0) is 38.0 Å². The number of carbonyl (C=O) groups is 2. The number of allylic oxidation sites excluding steroid dienone is 2. The number of aliphatic hydroxyl groups is 9. The fourth-order valence-electron chi connectivity index (χ4n) is 15.0. The molecule has 5 aliphatic carbocycles. The molecule has 4 saturated carbocycles. The molecular formula is C48H76O18. The molecule has 10 N–H and O–H groups in total. The molecule has 0 bridgehead atoms. The summed E-state index contributed by atoms with van der Waals surface area (Å²) in [5.74, 6) is -1.84. The first kappa shape index (κ1) is 50.5. The number of fused-ring (bicyclic) bond motifs is 7. The van der Waals surface area contributed by atoms with Gasteiger partial charge < -0.3 is 79.5 Å². The maximum Gasteiger partial charge on any atom is 0.335 e. The summed E-state index contributed by atoms with van der Waals surface area (Å²) in [6.45, 7) is 16.7. The molecule has 0 amide bonds. The fourth-order valence-corrected chi connectivity index (χ4v) is 15.0.